The largest absolute Gasteiger partial charge is 0.478 e. The van der Waals surface area contributed by atoms with Crippen LogP contribution < -0.4 is 10.4 Å². The number of esters is 1. The van der Waals surface area contributed by atoms with Crippen molar-refractivity contribution < 1.29 is 28.6 Å². The predicted octanol–water partition coefficient (Wildman–Crippen LogP) is 2.56. The lowest BCUT2D eigenvalue weighted by molar-refractivity contribution is -0.148. The van der Waals surface area contributed by atoms with Gasteiger partial charge < -0.3 is 19.0 Å². The quantitative estimate of drug-likeness (QED) is 0.561. The lowest BCUT2D eigenvalue weighted by Crippen LogP contribution is -2.31. The summed E-state index contributed by atoms with van der Waals surface area (Å²) in [5.41, 5.74) is 0.608. The number of hydrogen-bond donors (Lipinski definition) is 1. The van der Waals surface area contributed by atoms with Crippen molar-refractivity contribution in [1.29, 1.82) is 0 Å². The number of fused-ring (bicyclic) bond motifs is 3. The minimum Gasteiger partial charge on any atom is -0.478 e. The number of ether oxygens (including phenoxy) is 2. The number of carboxylic acid groups (broad SMARTS) is 1. The zero-order valence-electron chi connectivity index (χ0n) is 14.2. The average molecular weight is 366 g/mol. The van der Waals surface area contributed by atoms with Crippen LogP contribution in [0.15, 0.2) is 57.7 Å². The van der Waals surface area contributed by atoms with Gasteiger partial charge in [-0.3, -0.25) is 0 Å². The van der Waals surface area contributed by atoms with Gasteiger partial charge in [0.05, 0.1) is 29.5 Å². The molecule has 0 bridgehead atoms. The maximum atomic E-state index is 12.6. The maximum Gasteiger partial charge on any atom is 0.348 e. The molecular formula is C20H14O7. The summed E-state index contributed by atoms with van der Waals surface area (Å²) in [6.45, 7) is 0. The van der Waals surface area contributed by atoms with Gasteiger partial charge in [0.1, 0.15) is 11.3 Å². The van der Waals surface area contributed by atoms with Gasteiger partial charge in [0.15, 0.2) is 0 Å². The van der Waals surface area contributed by atoms with Gasteiger partial charge in [-0.05, 0) is 29.8 Å². The fraction of sp³-hybridized carbons (Fsp3) is 0.150. The SMILES string of the molecule is COC(=O)[C@@H]1Oc2c(c(=O)oc3ccccc23)[C@@H]1c1ccc(C(=O)O)cc1. The molecule has 0 amide bonds. The van der Waals surface area contributed by atoms with Gasteiger partial charge in [0.2, 0.25) is 6.10 Å². The number of hydrogen-bond acceptors (Lipinski definition) is 6. The van der Waals surface area contributed by atoms with Crippen molar-refractivity contribution in [1.82, 2.24) is 0 Å². The predicted molar refractivity (Wildman–Crippen MR) is 94.2 cm³/mol. The molecule has 2 heterocycles. The van der Waals surface area contributed by atoms with Gasteiger partial charge in [0, 0.05) is 0 Å². The van der Waals surface area contributed by atoms with Gasteiger partial charge in [-0.1, -0.05) is 24.3 Å². The fourth-order valence-electron chi connectivity index (χ4n) is 3.35. The van der Waals surface area contributed by atoms with Crippen LogP contribution in [0.2, 0.25) is 0 Å². The second-order valence-electron chi connectivity index (χ2n) is 6.09. The lowest BCUT2D eigenvalue weighted by Gasteiger charge is -2.16. The summed E-state index contributed by atoms with van der Waals surface area (Å²) < 4.78 is 16.1. The van der Waals surface area contributed by atoms with E-state index in [-0.39, 0.29) is 16.9 Å². The molecule has 0 saturated carbocycles. The Bertz CT molecular complexity index is 1110. The number of para-hydroxylation sites is 1. The number of carboxylic acids is 1. The second kappa shape index (κ2) is 6.28. The van der Waals surface area contributed by atoms with E-state index in [4.69, 9.17) is 19.0 Å². The molecule has 7 heteroatoms. The fourth-order valence-corrected chi connectivity index (χ4v) is 3.35. The summed E-state index contributed by atoms with van der Waals surface area (Å²) in [4.78, 5) is 36.0. The number of aromatic carboxylic acids is 1. The van der Waals surface area contributed by atoms with Gasteiger partial charge in [-0.15, -0.1) is 0 Å². The summed E-state index contributed by atoms with van der Waals surface area (Å²) in [5.74, 6) is -2.19. The Kier molecular flexibility index (Phi) is 3.92. The monoisotopic (exact) mass is 366 g/mol. The Balaban J connectivity index is 1.93. The van der Waals surface area contributed by atoms with Crippen LogP contribution in [0.1, 0.15) is 27.4 Å². The van der Waals surface area contributed by atoms with Crippen molar-refractivity contribution in [3.8, 4) is 5.75 Å². The molecule has 0 aliphatic carbocycles. The highest BCUT2D eigenvalue weighted by atomic mass is 16.6. The third-order valence-electron chi connectivity index (χ3n) is 4.61. The Morgan fingerprint density at radius 2 is 1.78 bits per heavy atom. The zero-order chi connectivity index (χ0) is 19.1. The van der Waals surface area contributed by atoms with Gasteiger partial charge in [-0.25, -0.2) is 14.4 Å². The van der Waals surface area contributed by atoms with E-state index in [1.165, 1.54) is 19.2 Å². The number of benzene rings is 2. The Morgan fingerprint density at radius 3 is 2.44 bits per heavy atom. The number of carbonyl (C=O) groups excluding carboxylic acids is 1. The molecule has 1 N–H and O–H groups in total. The van der Waals surface area contributed by atoms with Gasteiger partial charge >= 0.3 is 17.6 Å². The van der Waals surface area contributed by atoms with Gasteiger partial charge in [-0.2, -0.15) is 0 Å². The first kappa shape index (κ1) is 16.8. The first-order valence-corrected chi connectivity index (χ1v) is 8.14. The highest BCUT2D eigenvalue weighted by Gasteiger charge is 2.44. The van der Waals surface area contributed by atoms with E-state index >= 15 is 0 Å². The average Bonchev–Trinajstić information content (AvgIpc) is 3.09. The highest BCUT2D eigenvalue weighted by Crippen LogP contribution is 2.44. The molecule has 136 valence electrons. The third kappa shape index (κ3) is 2.64. The number of rotatable bonds is 3. The number of methoxy groups -OCH3 is 1. The number of carbonyl (C=O) groups is 2. The minimum absolute atomic E-state index is 0.0954. The first-order valence-electron chi connectivity index (χ1n) is 8.14. The molecule has 1 aliphatic heterocycles. The molecule has 0 radical (unpaired) electrons. The van der Waals surface area contributed by atoms with Crippen molar-refractivity contribution in [2.45, 2.75) is 12.0 Å². The first-order chi connectivity index (χ1) is 13.0. The lowest BCUT2D eigenvalue weighted by atomic mass is 9.88. The van der Waals surface area contributed by atoms with E-state index in [0.717, 1.165) is 0 Å². The molecule has 0 fully saturated rings. The summed E-state index contributed by atoms with van der Waals surface area (Å²) >= 11 is 0. The molecule has 1 aromatic heterocycles. The van der Waals surface area contributed by atoms with Crippen molar-refractivity contribution >= 4 is 22.9 Å². The summed E-state index contributed by atoms with van der Waals surface area (Å²) in [5, 5.41) is 9.65. The summed E-state index contributed by atoms with van der Waals surface area (Å²) in [6.07, 6.45) is -1.07. The van der Waals surface area contributed by atoms with Crippen LogP contribution in [0.3, 0.4) is 0 Å². The van der Waals surface area contributed by atoms with E-state index in [0.29, 0.717) is 16.5 Å². The molecule has 2 aromatic carbocycles. The Labute approximate surface area is 152 Å². The molecule has 3 aromatic rings. The maximum absolute atomic E-state index is 12.6. The van der Waals surface area contributed by atoms with E-state index in [2.05, 4.69) is 0 Å². The molecule has 0 saturated heterocycles. The summed E-state index contributed by atoms with van der Waals surface area (Å²) in [7, 11) is 1.24. The molecule has 1 aliphatic rings. The second-order valence-corrected chi connectivity index (χ2v) is 6.09. The highest BCUT2D eigenvalue weighted by molar-refractivity contribution is 5.89. The van der Waals surface area contributed by atoms with Crippen LogP contribution in [-0.4, -0.2) is 30.3 Å². The van der Waals surface area contributed by atoms with Gasteiger partial charge in [0.25, 0.3) is 0 Å². The normalized spacial score (nSPS) is 18.0. The molecule has 0 spiro atoms. The van der Waals surface area contributed by atoms with Crippen LogP contribution in [0.4, 0.5) is 0 Å². The van der Waals surface area contributed by atoms with E-state index in [1.807, 2.05) is 0 Å². The van der Waals surface area contributed by atoms with Crippen LogP contribution >= 0.6 is 0 Å². The minimum atomic E-state index is -1.07. The molecule has 2 atom stereocenters. The van der Waals surface area contributed by atoms with Crippen LogP contribution in [0.5, 0.6) is 5.75 Å². The third-order valence-corrected chi connectivity index (χ3v) is 4.61. The molecule has 7 nitrogen and oxygen atoms in total. The van der Waals surface area contributed by atoms with Crippen LogP contribution in [-0.2, 0) is 9.53 Å². The van der Waals surface area contributed by atoms with Crippen LogP contribution in [0.25, 0.3) is 11.0 Å². The van der Waals surface area contributed by atoms with Crippen LogP contribution in [0, 0.1) is 0 Å². The standard InChI is InChI=1S/C20H14O7/c1-25-20(24)17-14(10-6-8-11(9-7-10)18(21)22)15-16(27-17)12-4-2-3-5-13(12)26-19(15)23/h2-9,14,17H,1H3,(H,21,22)/t14-,17+/m0/s1. The Hall–Kier alpha value is -3.61. The topological polar surface area (TPSA) is 103 Å². The van der Waals surface area contributed by atoms with E-state index in [9.17, 15) is 14.4 Å². The molecule has 4 rings (SSSR count). The molecule has 0 unspecified atom stereocenters. The van der Waals surface area contributed by atoms with Crippen molar-refractivity contribution in [3.05, 3.63) is 75.6 Å². The zero-order valence-corrected chi connectivity index (χ0v) is 14.2. The Morgan fingerprint density at radius 1 is 1.07 bits per heavy atom. The van der Waals surface area contributed by atoms with Crippen molar-refractivity contribution in [2.24, 2.45) is 0 Å². The molecular weight excluding hydrogens is 352 g/mol. The van der Waals surface area contributed by atoms with Crippen molar-refractivity contribution in [3.63, 3.8) is 0 Å². The van der Waals surface area contributed by atoms with E-state index in [1.54, 1.807) is 36.4 Å². The summed E-state index contributed by atoms with van der Waals surface area (Å²) in [6, 6.07) is 12.8. The van der Waals surface area contributed by atoms with Crippen molar-refractivity contribution in [2.75, 3.05) is 7.11 Å². The smallest absolute Gasteiger partial charge is 0.348 e. The molecule has 27 heavy (non-hydrogen) atoms. The van der Waals surface area contributed by atoms with E-state index < -0.39 is 29.6 Å².